The summed E-state index contributed by atoms with van der Waals surface area (Å²) in [6.45, 7) is 13.2. The van der Waals surface area contributed by atoms with Crippen LogP contribution >= 0.6 is 0 Å². The normalized spacial score (nSPS) is 32.7. The minimum atomic E-state index is 0.719. The van der Waals surface area contributed by atoms with Gasteiger partial charge in [-0.05, 0) is 49.9 Å². The van der Waals surface area contributed by atoms with Crippen LogP contribution in [0.25, 0.3) is 0 Å². The molecule has 1 fully saturated rings. The summed E-state index contributed by atoms with van der Waals surface area (Å²) in [6.07, 6.45) is 7.04. The number of hydrogen-bond acceptors (Lipinski definition) is 0. The molecular weight excluding hydrogens is 168 g/mol. The molecule has 3 atom stereocenters. The van der Waals surface area contributed by atoms with Crippen molar-refractivity contribution in [1.29, 1.82) is 0 Å². The molecule has 82 valence electrons. The third-order valence-electron chi connectivity index (χ3n) is 4.26. The Labute approximate surface area is 89.8 Å². The standard InChI is InChI=1S/C14H26/c1-6-8-14(10-13(14)5)9-7-12(4)11(2)3/h12-13H,2,6-10H2,1,3-5H3. The molecule has 1 saturated carbocycles. The van der Waals surface area contributed by atoms with Crippen molar-refractivity contribution in [2.24, 2.45) is 17.3 Å². The monoisotopic (exact) mass is 194 g/mol. The zero-order chi connectivity index (χ0) is 10.8. The van der Waals surface area contributed by atoms with Crippen LogP contribution in [-0.2, 0) is 0 Å². The van der Waals surface area contributed by atoms with E-state index in [0.717, 1.165) is 17.3 Å². The third-order valence-corrected chi connectivity index (χ3v) is 4.26. The highest BCUT2D eigenvalue weighted by Gasteiger charge is 2.49. The fourth-order valence-electron chi connectivity index (χ4n) is 2.62. The van der Waals surface area contributed by atoms with E-state index in [1.165, 1.54) is 37.7 Å². The molecule has 0 bridgehead atoms. The van der Waals surface area contributed by atoms with Gasteiger partial charge in [-0.25, -0.2) is 0 Å². The highest BCUT2D eigenvalue weighted by Crippen LogP contribution is 2.59. The van der Waals surface area contributed by atoms with E-state index in [1.54, 1.807) is 0 Å². The molecule has 0 aromatic rings. The molecule has 0 amide bonds. The van der Waals surface area contributed by atoms with E-state index >= 15 is 0 Å². The first kappa shape index (κ1) is 11.8. The molecule has 3 unspecified atom stereocenters. The topological polar surface area (TPSA) is 0 Å². The smallest absolute Gasteiger partial charge is 0.0237 e. The van der Waals surface area contributed by atoms with Gasteiger partial charge in [0, 0.05) is 0 Å². The Kier molecular flexibility index (Phi) is 3.80. The van der Waals surface area contributed by atoms with Crippen molar-refractivity contribution in [2.45, 2.75) is 59.8 Å². The molecule has 0 aromatic heterocycles. The summed E-state index contributed by atoms with van der Waals surface area (Å²) < 4.78 is 0. The van der Waals surface area contributed by atoms with Gasteiger partial charge >= 0.3 is 0 Å². The van der Waals surface area contributed by atoms with Gasteiger partial charge in [0.1, 0.15) is 0 Å². The van der Waals surface area contributed by atoms with Gasteiger partial charge in [-0.3, -0.25) is 0 Å². The lowest BCUT2D eigenvalue weighted by Gasteiger charge is -2.18. The summed E-state index contributed by atoms with van der Waals surface area (Å²) in [5.74, 6) is 1.70. The summed E-state index contributed by atoms with van der Waals surface area (Å²) in [5.41, 5.74) is 2.09. The average molecular weight is 194 g/mol. The first-order valence-electron chi connectivity index (χ1n) is 6.17. The fraction of sp³-hybridized carbons (Fsp3) is 0.857. The Hall–Kier alpha value is -0.260. The van der Waals surface area contributed by atoms with Crippen LogP contribution < -0.4 is 0 Å². The van der Waals surface area contributed by atoms with Crippen molar-refractivity contribution in [3.05, 3.63) is 12.2 Å². The van der Waals surface area contributed by atoms with Crippen molar-refractivity contribution in [3.8, 4) is 0 Å². The second kappa shape index (κ2) is 4.51. The lowest BCUT2D eigenvalue weighted by Crippen LogP contribution is -2.06. The van der Waals surface area contributed by atoms with Crippen LogP contribution in [0.15, 0.2) is 12.2 Å². The van der Waals surface area contributed by atoms with Crippen molar-refractivity contribution in [3.63, 3.8) is 0 Å². The van der Waals surface area contributed by atoms with Crippen LogP contribution in [0.3, 0.4) is 0 Å². The Morgan fingerprint density at radius 1 is 1.50 bits per heavy atom. The first-order valence-corrected chi connectivity index (χ1v) is 6.17. The van der Waals surface area contributed by atoms with E-state index in [-0.39, 0.29) is 0 Å². The summed E-state index contributed by atoms with van der Waals surface area (Å²) in [7, 11) is 0. The first-order chi connectivity index (χ1) is 6.52. The summed E-state index contributed by atoms with van der Waals surface area (Å²) >= 11 is 0. The Balaban J connectivity index is 2.32. The summed E-state index contributed by atoms with van der Waals surface area (Å²) in [4.78, 5) is 0. The van der Waals surface area contributed by atoms with Crippen LogP contribution in [0.5, 0.6) is 0 Å². The quantitative estimate of drug-likeness (QED) is 0.532. The number of allylic oxidation sites excluding steroid dienone is 1. The molecule has 1 aliphatic carbocycles. The molecule has 0 heterocycles. The van der Waals surface area contributed by atoms with E-state index in [2.05, 4.69) is 34.3 Å². The molecule has 0 aromatic carbocycles. The second-order valence-corrected chi connectivity index (χ2v) is 5.50. The lowest BCUT2D eigenvalue weighted by atomic mass is 9.87. The van der Waals surface area contributed by atoms with E-state index in [0.29, 0.717) is 0 Å². The Bertz CT molecular complexity index is 204. The molecule has 0 saturated heterocycles. The molecule has 0 N–H and O–H groups in total. The molecule has 1 rings (SSSR count). The molecule has 14 heavy (non-hydrogen) atoms. The van der Waals surface area contributed by atoms with Gasteiger partial charge in [-0.15, -0.1) is 0 Å². The summed E-state index contributed by atoms with van der Waals surface area (Å²) in [5, 5.41) is 0. The highest BCUT2D eigenvalue weighted by molar-refractivity contribution is 5.01. The summed E-state index contributed by atoms with van der Waals surface area (Å²) in [6, 6.07) is 0. The molecule has 1 aliphatic rings. The van der Waals surface area contributed by atoms with E-state index in [4.69, 9.17) is 0 Å². The number of rotatable bonds is 6. The molecule has 0 aliphatic heterocycles. The maximum atomic E-state index is 4.04. The lowest BCUT2D eigenvalue weighted by molar-refractivity contribution is 0.357. The second-order valence-electron chi connectivity index (χ2n) is 5.50. The van der Waals surface area contributed by atoms with Crippen molar-refractivity contribution in [1.82, 2.24) is 0 Å². The number of hydrogen-bond donors (Lipinski definition) is 0. The fourth-order valence-corrected chi connectivity index (χ4v) is 2.62. The predicted molar refractivity (Wildman–Crippen MR) is 64.3 cm³/mol. The minimum absolute atomic E-state index is 0.719. The third kappa shape index (κ3) is 2.62. The van der Waals surface area contributed by atoms with Gasteiger partial charge in [-0.1, -0.05) is 39.3 Å². The van der Waals surface area contributed by atoms with Crippen molar-refractivity contribution >= 4 is 0 Å². The maximum Gasteiger partial charge on any atom is -0.0237 e. The Morgan fingerprint density at radius 2 is 2.07 bits per heavy atom. The highest BCUT2D eigenvalue weighted by atomic mass is 14.5. The zero-order valence-electron chi connectivity index (χ0n) is 10.4. The van der Waals surface area contributed by atoms with E-state index in [1.807, 2.05) is 0 Å². The van der Waals surface area contributed by atoms with Gasteiger partial charge in [0.15, 0.2) is 0 Å². The van der Waals surface area contributed by atoms with Gasteiger partial charge in [0.2, 0.25) is 0 Å². The van der Waals surface area contributed by atoms with Crippen LogP contribution in [-0.4, -0.2) is 0 Å². The van der Waals surface area contributed by atoms with Gasteiger partial charge in [0.25, 0.3) is 0 Å². The minimum Gasteiger partial charge on any atom is -0.0999 e. The zero-order valence-corrected chi connectivity index (χ0v) is 10.4. The van der Waals surface area contributed by atoms with Gasteiger partial charge < -0.3 is 0 Å². The average Bonchev–Trinajstić information content (AvgIpc) is 2.74. The van der Waals surface area contributed by atoms with Gasteiger partial charge in [0.05, 0.1) is 0 Å². The molecule has 0 spiro atoms. The van der Waals surface area contributed by atoms with Crippen molar-refractivity contribution < 1.29 is 0 Å². The SMILES string of the molecule is C=C(C)C(C)CCC1(CCC)CC1C. The van der Waals surface area contributed by atoms with Crippen molar-refractivity contribution in [2.75, 3.05) is 0 Å². The van der Waals surface area contributed by atoms with Crippen LogP contribution in [0.1, 0.15) is 59.8 Å². The van der Waals surface area contributed by atoms with Crippen LogP contribution in [0.4, 0.5) is 0 Å². The molecule has 0 nitrogen and oxygen atoms in total. The Morgan fingerprint density at radius 3 is 2.43 bits per heavy atom. The van der Waals surface area contributed by atoms with Crippen LogP contribution in [0.2, 0.25) is 0 Å². The molecule has 0 radical (unpaired) electrons. The van der Waals surface area contributed by atoms with E-state index in [9.17, 15) is 0 Å². The van der Waals surface area contributed by atoms with E-state index < -0.39 is 0 Å². The molecular formula is C14H26. The van der Waals surface area contributed by atoms with Crippen LogP contribution in [0, 0.1) is 17.3 Å². The largest absolute Gasteiger partial charge is 0.0999 e. The molecule has 0 heteroatoms. The van der Waals surface area contributed by atoms with Gasteiger partial charge in [-0.2, -0.15) is 0 Å². The predicted octanol–water partition coefficient (Wildman–Crippen LogP) is 4.81. The maximum absolute atomic E-state index is 4.04.